The summed E-state index contributed by atoms with van der Waals surface area (Å²) in [6.07, 6.45) is -2.94. The molecule has 0 radical (unpaired) electrons. The van der Waals surface area contributed by atoms with Gasteiger partial charge in [0, 0.05) is 37.8 Å². The molecule has 0 spiro atoms. The molecule has 4 rings (SSSR count). The lowest BCUT2D eigenvalue weighted by atomic mass is 10.0. The third-order valence-corrected chi connectivity index (χ3v) is 7.79. The van der Waals surface area contributed by atoms with Crippen molar-refractivity contribution in [3.05, 3.63) is 48.2 Å². The fourth-order valence-electron chi connectivity index (χ4n) is 4.07. The minimum Gasteiger partial charge on any atom is -0.354 e. The molecule has 3 heterocycles. The monoisotopic (exact) mass is 516 g/mol. The number of piperazine rings is 1. The molecule has 3 aromatic rings. The molecule has 0 atom stereocenters. The topological polar surface area (TPSA) is 58.4 Å². The quantitative estimate of drug-likeness (QED) is 0.491. The third-order valence-electron chi connectivity index (χ3n) is 5.80. The van der Waals surface area contributed by atoms with E-state index in [4.69, 9.17) is 4.98 Å². The van der Waals surface area contributed by atoms with Gasteiger partial charge >= 0.3 is 6.18 Å². The first-order valence-electron chi connectivity index (χ1n) is 10.8. The lowest BCUT2D eigenvalue weighted by Gasteiger charge is -2.33. The molecule has 1 aliphatic rings. The molecule has 0 unspecified atom stereocenters. The summed E-state index contributed by atoms with van der Waals surface area (Å²) in [5, 5.41) is 0.583. The van der Waals surface area contributed by atoms with Crippen LogP contribution in [0.4, 0.5) is 19.0 Å². The van der Waals surface area contributed by atoms with Crippen molar-refractivity contribution in [2.24, 2.45) is 5.92 Å². The first-order valence-corrected chi connectivity index (χ1v) is 12.4. The molecular formula is C23H28ClF3N4O2S. The number of aromatic nitrogens is 2. The van der Waals surface area contributed by atoms with Crippen LogP contribution < -0.4 is 4.90 Å². The standard InChI is InChI=1S/C23H27F3N4O2S.ClH/c1-16(2)15-33(31,32)30-9-8-19-20(17-4-6-18(7-5-17)23(24,25)26)14-21(27-22(19)30)29-12-10-28(3)11-13-29;/h4-9,14,16H,10-13,15H2,1-3H3;1H. The molecule has 11 heteroatoms. The molecule has 6 nitrogen and oxygen atoms in total. The molecule has 0 amide bonds. The number of alkyl halides is 3. The summed E-state index contributed by atoms with van der Waals surface area (Å²) in [4.78, 5) is 8.99. The number of benzene rings is 1. The third kappa shape index (κ3) is 5.34. The smallest absolute Gasteiger partial charge is 0.354 e. The van der Waals surface area contributed by atoms with Gasteiger partial charge in [-0.05, 0) is 48.4 Å². The zero-order valence-electron chi connectivity index (χ0n) is 19.2. The highest BCUT2D eigenvalue weighted by atomic mass is 35.5. The second kappa shape index (κ2) is 9.75. The molecule has 0 bridgehead atoms. The Morgan fingerprint density at radius 2 is 1.65 bits per heavy atom. The van der Waals surface area contributed by atoms with Crippen LogP contribution >= 0.6 is 12.4 Å². The van der Waals surface area contributed by atoms with Crippen LogP contribution in [-0.2, 0) is 16.2 Å². The summed E-state index contributed by atoms with van der Waals surface area (Å²) in [6.45, 7) is 6.78. The van der Waals surface area contributed by atoms with E-state index in [9.17, 15) is 21.6 Å². The van der Waals surface area contributed by atoms with Crippen molar-refractivity contribution in [3.63, 3.8) is 0 Å². The van der Waals surface area contributed by atoms with Crippen LogP contribution in [0.25, 0.3) is 22.2 Å². The Labute approximate surface area is 203 Å². The van der Waals surface area contributed by atoms with Crippen LogP contribution in [0.5, 0.6) is 0 Å². The van der Waals surface area contributed by atoms with Gasteiger partial charge in [0.25, 0.3) is 0 Å². The predicted molar refractivity (Wildman–Crippen MR) is 131 cm³/mol. The number of halogens is 4. The van der Waals surface area contributed by atoms with Gasteiger partial charge in [0.15, 0.2) is 5.65 Å². The van der Waals surface area contributed by atoms with Crippen LogP contribution in [0.3, 0.4) is 0 Å². The predicted octanol–water partition coefficient (Wildman–Crippen LogP) is 4.73. The SMILES string of the molecule is CC(C)CS(=O)(=O)n1ccc2c(-c3ccc(C(F)(F)F)cc3)cc(N3CCN(C)CC3)nc21.Cl. The second-order valence-corrected chi connectivity index (χ2v) is 10.8. The molecule has 34 heavy (non-hydrogen) atoms. The maximum atomic E-state index is 13.1. The average Bonchev–Trinajstić information content (AvgIpc) is 3.17. The Morgan fingerprint density at radius 1 is 1.03 bits per heavy atom. The summed E-state index contributed by atoms with van der Waals surface area (Å²) >= 11 is 0. The Balaban J connectivity index is 0.00000324. The normalized spacial score (nSPS) is 15.7. The van der Waals surface area contributed by atoms with E-state index in [-0.39, 0.29) is 24.1 Å². The summed E-state index contributed by atoms with van der Waals surface area (Å²) in [7, 11) is -1.61. The van der Waals surface area contributed by atoms with Gasteiger partial charge in [-0.25, -0.2) is 17.4 Å². The Bertz CT molecular complexity index is 1250. The van der Waals surface area contributed by atoms with E-state index in [0.29, 0.717) is 28.0 Å². The van der Waals surface area contributed by atoms with Crippen molar-refractivity contribution >= 4 is 39.3 Å². The zero-order chi connectivity index (χ0) is 24.0. The molecule has 0 saturated carbocycles. The van der Waals surface area contributed by atoms with Gasteiger partial charge in [0.1, 0.15) is 5.82 Å². The lowest BCUT2D eigenvalue weighted by Crippen LogP contribution is -2.44. The van der Waals surface area contributed by atoms with Gasteiger partial charge < -0.3 is 9.80 Å². The number of likely N-dealkylation sites (N-methyl/N-ethyl adjacent to an activating group) is 1. The van der Waals surface area contributed by atoms with Crippen LogP contribution in [0.1, 0.15) is 19.4 Å². The second-order valence-electron chi connectivity index (χ2n) is 8.91. The van der Waals surface area contributed by atoms with Crippen LogP contribution in [-0.4, -0.2) is 61.3 Å². The van der Waals surface area contributed by atoms with E-state index in [1.54, 1.807) is 6.07 Å². The van der Waals surface area contributed by atoms with Crippen LogP contribution in [0.15, 0.2) is 42.6 Å². The minimum atomic E-state index is -4.43. The molecule has 186 valence electrons. The highest BCUT2D eigenvalue weighted by Crippen LogP contribution is 2.35. The van der Waals surface area contributed by atoms with E-state index in [1.807, 2.05) is 27.0 Å². The molecule has 0 aliphatic carbocycles. The van der Waals surface area contributed by atoms with Crippen molar-refractivity contribution in [3.8, 4) is 11.1 Å². The fraction of sp³-hybridized carbons (Fsp3) is 0.435. The van der Waals surface area contributed by atoms with Gasteiger partial charge in [-0.1, -0.05) is 26.0 Å². The first kappa shape index (κ1) is 26.3. The molecule has 1 aromatic carbocycles. The molecular weight excluding hydrogens is 489 g/mol. The van der Waals surface area contributed by atoms with E-state index in [0.717, 1.165) is 38.3 Å². The van der Waals surface area contributed by atoms with Crippen molar-refractivity contribution in [1.82, 2.24) is 13.9 Å². The minimum absolute atomic E-state index is 0. The van der Waals surface area contributed by atoms with Gasteiger partial charge in [0.05, 0.1) is 11.3 Å². The van der Waals surface area contributed by atoms with E-state index < -0.39 is 21.8 Å². The fourth-order valence-corrected chi connectivity index (χ4v) is 5.73. The summed E-state index contributed by atoms with van der Waals surface area (Å²) < 4.78 is 66.4. The van der Waals surface area contributed by atoms with Crippen LogP contribution in [0, 0.1) is 5.92 Å². The molecule has 2 aromatic heterocycles. The van der Waals surface area contributed by atoms with Crippen molar-refractivity contribution in [1.29, 1.82) is 0 Å². The van der Waals surface area contributed by atoms with E-state index in [1.165, 1.54) is 22.3 Å². The van der Waals surface area contributed by atoms with E-state index >= 15 is 0 Å². The molecule has 0 N–H and O–H groups in total. The number of hydrogen-bond donors (Lipinski definition) is 0. The number of pyridine rings is 1. The summed E-state index contributed by atoms with van der Waals surface area (Å²) in [5.41, 5.74) is 0.792. The zero-order valence-corrected chi connectivity index (χ0v) is 20.8. The van der Waals surface area contributed by atoms with Gasteiger partial charge in [-0.15, -0.1) is 12.4 Å². The van der Waals surface area contributed by atoms with Crippen LogP contribution in [0.2, 0.25) is 0 Å². The van der Waals surface area contributed by atoms with Crippen molar-refractivity contribution in [2.45, 2.75) is 20.0 Å². The lowest BCUT2D eigenvalue weighted by molar-refractivity contribution is -0.137. The molecule has 1 aliphatic heterocycles. The highest BCUT2D eigenvalue weighted by molar-refractivity contribution is 7.90. The van der Waals surface area contributed by atoms with E-state index in [2.05, 4.69) is 9.80 Å². The van der Waals surface area contributed by atoms with Gasteiger partial charge in [0.2, 0.25) is 10.0 Å². The largest absolute Gasteiger partial charge is 0.416 e. The summed E-state index contributed by atoms with van der Waals surface area (Å²) in [6, 6.07) is 8.44. The Morgan fingerprint density at radius 3 is 2.21 bits per heavy atom. The number of anilines is 1. The highest BCUT2D eigenvalue weighted by Gasteiger charge is 2.30. The maximum Gasteiger partial charge on any atom is 0.416 e. The average molecular weight is 517 g/mol. The van der Waals surface area contributed by atoms with Gasteiger partial charge in [-0.2, -0.15) is 13.2 Å². The summed E-state index contributed by atoms with van der Waals surface area (Å²) in [5.74, 6) is 0.514. The molecule has 1 saturated heterocycles. The van der Waals surface area contributed by atoms with Crippen molar-refractivity contribution in [2.75, 3.05) is 43.9 Å². The number of fused-ring (bicyclic) bond motifs is 1. The maximum absolute atomic E-state index is 13.1. The Hall–Kier alpha value is -2.30. The first-order chi connectivity index (χ1) is 15.5. The van der Waals surface area contributed by atoms with Crippen molar-refractivity contribution < 1.29 is 21.6 Å². The number of hydrogen-bond acceptors (Lipinski definition) is 5. The Kier molecular flexibility index (Phi) is 7.54. The van der Waals surface area contributed by atoms with Gasteiger partial charge in [-0.3, -0.25) is 0 Å². The number of rotatable bonds is 5. The number of nitrogens with zero attached hydrogens (tertiary/aromatic N) is 4. The molecule has 1 fully saturated rings.